The number of hydrogen-bond donors (Lipinski definition) is 3. The van der Waals surface area contributed by atoms with Crippen LogP contribution in [0.25, 0.3) is 11.1 Å². The van der Waals surface area contributed by atoms with Crippen LogP contribution in [0.3, 0.4) is 0 Å². The zero-order chi connectivity index (χ0) is 25.0. The van der Waals surface area contributed by atoms with Crippen molar-refractivity contribution in [3.63, 3.8) is 0 Å². The fraction of sp³-hybridized carbons (Fsp3) is 0.444. The van der Waals surface area contributed by atoms with Gasteiger partial charge in [-0.15, -0.1) is 0 Å². The molecule has 3 N–H and O–H groups in total. The fourth-order valence-corrected chi connectivity index (χ4v) is 4.97. The number of hydrogen-bond acceptors (Lipinski definition) is 5. The molecule has 0 bridgehead atoms. The molecule has 186 valence electrons. The van der Waals surface area contributed by atoms with Crippen LogP contribution in [0.5, 0.6) is 0 Å². The van der Waals surface area contributed by atoms with Gasteiger partial charge in [0.15, 0.2) is 0 Å². The maximum atomic E-state index is 12.6. The Balaban J connectivity index is 1.25. The highest BCUT2D eigenvalue weighted by Crippen LogP contribution is 2.44. The number of amides is 2. The molecule has 8 nitrogen and oxygen atoms in total. The van der Waals surface area contributed by atoms with Gasteiger partial charge in [-0.05, 0) is 42.0 Å². The van der Waals surface area contributed by atoms with Gasteiger partial charge in [0.2, 0.25) is 5.91 Å². The second-order valence-electron chi connectivity index (χ2n) is 9.47. The Labute approximate surface area is 205 Å². The van der Waals surface area contributed by atoms with Gasteiger partial charge in [-0.2, -0.15) is 0 Å². The quantitative estimate of drug-likeness (QED) is 0.504. The van der Waals surface area contributed by atoms with E-state index in [0.717, 1.165) is 11.1 Å². The van der Waals surface area contributed by atoms with Crippen molar-refractivity contribution < 1.29 is 29.0 Å². The number of nitrogens with one attached hydrogen (secondary N) is 2. The minimum Gasteiger partial charge on any atom is -0.480 e. The molecule has 8 heteroatoms. The van der Waals surface area contributed by atoms with E-state index in [9.17, 15) is 19.5 Å². The lowest BCUT2D eigenvalue weighted by Crippen LogP contribution is -2.53. The van der Waals surface area contributed by atoms with Crippen LogP contribution >= 0.6 is 0 Å². The smallest absolute Gasteiger partial charge is 0.407 e. The fourth-order valence-electron chi connectivity index (χ4n) is 4.97. The van der Waals surface area contributed by atoms with Crippen LogP contribution in [0.15, 0.2) is 48.5 Å². The lowest BCUT2D eigenvalue weighted by molar-refractivity contribution is -0.147. The SMILES string of the molecule is CCCC(C)(NC(=O)[C@@H]1CO[C@H](CNC(=O)OCC2c3ccccc3-c3ccccc32)C1)C(=O)O. The average molecular weight is 481 g/mol. The lowest BCUT2D eigenvalue weighted by Gasteiger charge is -2.27. The Morgan fingerprint density at radius 2 is 1.71 bits per heavy atom. The minimum absolute atomic E-state index is 0.0179. The molecule has 0 saturated carbocycles. The molecule has 1 saturated heterocycles. The highest BCUT2D eigenvalue weighted by Gasteiger charge is 2.38. The van der Waals surface area contributed by atoms with Gasteiger partial charge in [0, 0.05) is 12.5 Å². The van der Waals surface area contributed by atoms with Gasteiger partial charge in [-0.25, -0.2) is 9.59 Å². The summed E-state index contributed by atoms with van der Waals surface area (Å²) in [4.78, 5) is 36.6. The molecule has 1 fully saturated rings. The van der Waals surface area contributed by atoms with E-state index in [4.69, 9.17) is 9.47 Å². The summed E-state index contributed by atoms with van der Waals surface area (Å²) in [7, 11) is 0. The first-order valence-corrected chi connectivity index (χ1v) is 12.1. The molecule has 35 heavy (non-hydrogen) atoms. The first-order valence-electron chi connectivity index (χ1n) is 12.1. The highest BCUT2D eigenvalue weighted by atomic mass is 16.5. The van der Waals surface area contributed by atoms with Crippen LogP contribution in [0.1, 0.15) is 50.2 Å². The minimum atomic E-state index is -1.30. The zero-order valence-corrected chi connectivity index (χ0v) is 20.1. The summed E-state index contributed by atoms with van der Waals surface area (Å²) in [6.45, 7) is 4.01. The molecule has 2 aliphatic rings. The van der Waals surface area contributed by atoms with Crippen LogP contribution in [0.4, 0.5) is 4.79 Å². The van der Waals surface area contributed by atoms with E-state index in [1.165, 1.54) is 18.1 Å². The second kappa shape index (κ2) is 10.5. The number of carboxylic acids is 1. The topological polar surface area (TPSA) is 114 Å². The van der Waals surface area contributed by atoms with Crippen molar-refractivity contribution in [3.05, 3.63) is 59.7 Å². The Morgan fingerprint density at radius 3 is 2.31 bits per heavy atom. The van der Waals surface area contributed by atoms with Crippen LogP contribution in [0, 0.1) is 5.92 Å². The maximum Gasteiger partial charge on any atom is 0.407 e. The summed E-state index contributed by atoms with van der Waals surface area (Å²) in [6.07, 6.45) is 0.501. The number of fused-ring (bicyclic) bond motifs is 3. The Morgan fingerprint density at radius 1 is 1.09 bits per heavy atom. The number of ether oxygens (including phenoxy) is 2. The van der Waals surface area contributed by atoms with E-state index in [0.29, 0.717) is 19.3 Å². The van der Waals surface area contributed by atoms with Gasteiger partial charge >= 0.3 is 12.1 Å². The van der Waals surface area contributed by atoms with Crippen LogP contribution < -0.4 is 10.6 Å². The molecule has 1 aliphatic carbocycles. The molecular formula is C27H32N2O6. The van der Waals surface area contributed by atoms with Crippen molar-refractivity contribution in [1.29, 1.82) is 0 Å². The summed E-state index contributed by atoms with van der Waals surface area (Å²) in [5.74, 6) is -1.87. The van der Waals surface area contributed by atoms with E-state index < -0.39 is 23.5 Å². The average Bonchev–Trinajstić information content (AvgIpc) is 3.45. The third-order valence-corrected chi connectivity index (χ3v) is 6.89. The summed E-state index contributed by atoms with van der Waals surface area (Å²) in [5, 5.41) is 14.9. The van der Waals surface area contributed by atoms with Gasteiger partial charge < -0.3 is 25.2 Å². The van der Waals surface area contributed by atoms with E-state index >= 15 is 0 Å². The number of aliphatic carboxylic acids is 1. The molecule has 1 aliphatic heterocycles. The molecule has 1 unspecified atom stereocenters. The van der Waals surface area contributed by atoms with Gasteiger partial charge in [-0.1, -0.05) is 61.9 Å². The van der Waals surface area contributed by atoms with E-state index in [1.807, 2.05) is 31.2 Å². The molecule has 2 aromatic rings. The number of carbonyl (C=O) groups is 3. The molecule has 1 heterocycles. The van der Waals surface area contributed by atoms with Crippen molar-refractivity contribution in [2.45, 2.75) is 50.7 Å². The summed E-state index contributed by atoms with van der Waals surface area (Å²) >= 11 is 0. The van der Waals surface area contributed by atoms with Crippen molar-refractivity contribution in [1.82, 2.24) is 10.6 Å². The molecule has 2 aromatic carbocycles. The van der Waals surface area contributed by atoms with Gasteiger partial charge in [0.25, 0.3) is 0 Å². The normalized spacial score (nSPS) is 20.4. The lowest BCUT2D eigenvalue weighted by atomic mass is 9.94. The predicted molar refractivity (Wildman–Crippen MR) is 130 cm³/mol. The third-order valence-electron chi connectivity index (χ3n) is 6.89. The number of carboxylic acid groups (broad SMARTS) is 1. The molecule has 0 radical (unpaired) electrons. The number of rotatable bonds is 9. The summed E-state index contributed by atoms with van der Waals surface area (Å²) in [6, 6.07) is 16.3. The standard InChI is InChI=1S/C27H32N2O6/c1-3-12-27(2,25(31)32)29-24(30)17-13-18(34-15-17)14-28-26(33)35-16-23-21-10-6-4-8-19(21)20-9-5-7-11-22(20)23/h4-11,17-18,23H,3,12-16H2,1-2H3,(H,28,33)(H,29,30)(H,31,32)/t17-,18-,27?/m0/s1. The van der Waals surface area contributed by atoms with Crippen molar-refractivity contribution in [2.24, 2.45) is 5.92 Å². The largest absolute Gasteiger partial charge is 0.480 e. The van der Waals surface area contributed by atoms with Crippen molar-refractivity contribution >= 4 is 18.0 Å². The molecule has 0 spiro atoms. The monoisotopic (exact) mass is 480 g/mol. The van der Waals surface area contributed by atoms with Crippen molar-refractivity contribution in [3.8, 4) is 11.1 Å². The molecule has 0 aromatic heterocycles. The Hall–Kier alpha value is -3.39. The van der Waals surface area contributed by atoms with Gasteiger partial charge in [0.1, 0.15) is 12.1 Å². The highest BCUT2D eigenvalue weighted by molar-refractivity contribution is 5.88. The van der Waals surface area contributed by atoms with E-state index in [1.54, 1.807) is 0 Å². The van der Waals surface area contributed by atoms with Crippen LogP contribution in [0.2, 0.25) is 0 Å². The van der Waals surface area contributed by atoms with Crippen molar-refractivity contribution in [2.75, 3.05) is 19.8 Å². The Kier molecular flexibility index (Phi) is 7.40. The molecule has 2 amide bonds. The molecular weight excluding hydrogens is 448 g/mol. The summed E-state index contributed by atoms with van der Waals surface area (Å²) < 4.78 is 11.2. The summed E-state index contributed by atoms with van der Waals surface area (Å²) in [5.41, 5.74) is 3.32. The number of carbonyl (C=O) groups excluding carboxylic acids is 2. The van der Waals surface area contributed by atoms with Crippen LogP contribution in [-0.4, -0.2) is 54.5 Å². The van der Waals surface area contributed by atoms with E-state index in [2.05, 4.69) is 34.9 Å². The number of benzene rings is 2. The third kappa shape index (κ3) is 5.32. The molecule has 3 atom stereocenters. The van der Waals surface area contributed by atoms with Gasteiger partial charge in [-0.3, -0.25) is 4.79 Å². The van der Waals surface area contributed by atoms with Crippen LogP contribution in [-0.2, 0) is 19.1 Å². The Bertz CT molecular complexity index is 1060. The first-order chi connectivity index (χ1) is 16.8. The first kappa shape index (κ1) is 24.7. The number of alkyl carbamates (subject to hydrolysis) is 1. The second-order valence-corrected chi connectivity index (χ2v) is 9.47. The van der Waals surface area contributed by atoms with E-state index in [-0.39, 0.29) is 37.7 Å². The van der Waals surface area contributed by atoms with Gasteiger partial charge in [0.05, 0.1) is 18.6 Å². The molecule has 4 rings (SSSR count). The maximum absolute atomic E-state index is 12.6. The predicted octanol–water partition coefficient (Wildman–Crippen LogP) is 3.69. The zero-order valence-electron chi connectivity index (χ0n) is 20.1.